The number of hydrogen-bond donors (Lipinski definition) is 1. The van der Waals surface area contributed by atoms with Crippen LogP contribution in [0.4, 0.5) is 13.2 Å². The van der Waals surface area contributed by atoms with Gasteiger partial charge in [0.2, 0.25) is 0 Å². The topological polar surface area (TPSA) is 37.3 Å². The maximum atomic E-state index is 12.1. The van der Waals surface area contributed by atoms with E-state index in [1.54, 1.807) is 0 Å². The molecule has 1 N–H and O–H groups in total. The average molecular weight is 254 g/mol. The van der Waals surface area contributed by atoms with E-state index >= 15 is 0 Å². The first-order valence-electron chi connectivity index (χ1n) is 3.11. The summed E-state index contributed by atoms with van der Waals surface area (Å²) < 4.78 is 55.3. The monoisotopic (exact) mass is 254 g/mol. The summed E-state index contributed by atoms with van der Waals surface area (Å²) in [6, 6.07) is 0.704. The normalized spacial score (nSPS) is 13.5. The quantitative estimate of drug-likeness (QED) is 0.555. The Morgan fingerprint density at radius 1 is 1.57 bits per heavy atom. The summed E-state index contributed by atoms with van der Waals surface area (Å²) in [7, 11) is 0. The van der Waals surface area contributed by atoms with E-state index in [0.717, 1.165) is 0 Å². The Labute approximate surface area is 109 Å². The van der Waals surface area contributed by atoms with Crippen molar-refractivity contribution in [3.05, 3.63) is 15.8 Å². The van der Waals surface area contributed by atoms with Gasteiger partial charge in [-0.05, 0) is 13.0 Å². The van der Waals surface area contributed by atoms with E-state index in [2.05, 4.69) is 0 Å². The van der Waals surface area contributed by atoms with Gasteiger partial charge in [-0.2, -0.15) is 13.2 Å². The molecule has 0 aliphatic rings. The predicted molar refractivity (Wildman–Crippen MR) is 44.2 cm³/mol. The third-order valence-electron chi connectivity index (χ3n) is 1.34. The summed E-state index contributed by atoms with van der Waals surface area (Å²) in [4.78, 5) is -0.798. The van der Waals surface area contributed by atoms with Gasteiger partial charge >= 0.3 is 35.7 Å². The molecule has 0 spiro atoms. The molecule has 0 saturated heterocycles. The molecule has 8 heteroatoms. The van der Waals surface area contributed by atoms with Crippen LogP contribution in [0.2, 0.25) is 0 Å². The van der Waals surface area contributed by atoms with Crippen molar-refractivity contribution in [2.24, 2.45) is 0 Å². The van der Waals surface area contributed by atoms with Gasteiger partial charge in [0.05, 0.1) is 4.90 Å². The van der Waals surface area contributed by atoms with E-state index < -0.39 is 22.1 Å². The number of halogens is 3. The molecular formula is C6H6F3NaO2S2. The van der Waals surface area contributed by atoms with E-state index in [1.165, 1.54) is 6.92 Å². The van der Waals surface area contributed by atoms with Crippen molar-refractivity contribution < 1.29 is 52.9 Å². The fourth-order valence-corrected chi connectivity index (χ4v) is 2.44. The minimum absolute atomic E-state index is 0. The van der Waals surface area contributed by atoms with Gasteiger partial charge in [0.25, 0.3) is 0 Å². The van der Waals surface area contributed by atoms with Gasteiger partial charge in [-0.15, -0.1) is 11.3 Å². The predicted octanol–water partition coefficient (Wildman–Crippen LogP) is -0.228. The summed E-state index contributed by atoms with van der Waals surface area (Å²) in [5.41, 5.74) is 0. The van der Waals surface area contributed by atoms with E-state index in [-0.39, 0.29) is 40.8 Å². The molecule has 1 atom stereocenters. The molecule has 0 aliphatic heterocycles. The maximum absolute atomic E-state index is 12.1. The molecular weight excluding hydrogens is 248 g/mol. The van der Waals surface area contributed by atoms with Crippen LogP contribution in [0.15, 0.2) is 11.0 Å². The van der Waals surface area contributed by atoms with Crippen LogP contribution >= 0.6 is 11.3 Å². The second-order valence-corrected chi connectivity index (χ2v) is 4.47. The summed E-state index contributed by atoms with van der Waals surface area (Å²) in [5.74, 6) is 0. The molecule has 1 unspecified atom stereocenters. The van der Waals surface area contributed by atoms with Crippen LogP contribution in [0.25, 0.3) is 0 Å². The van der Waals surface area contributed by atoms with Gasteiger partial charge in [-0.1, -0.05) is 0 Å². The summed E-state index contributed by atoms with van der Waals surface area (Å²) in [6.45, 7) is 1.38. The van der Waals surface area contributed by atoms with E-state index in [4.69, 9.17) is 4.55 Å². The van der Waals surface area contributed by atoms with Crippen LogP contribution < -0.4 is 29.6 Å². The molecule has 14 heavy (non-hydrogen) atoms. The van der Waals surface area contributed by atoms with Crippen LogP contribution in [0, 0.1) is 6.92 Å². The molecule has 0 radical (unpaired) electrons. The van der Waals surface area contributed by atoms with Crippen LogP contribution in [0.3, 0.4) is 0 Å². The Bertz CT molecular complexity index is 353. The van der Waals surface area contributed by atoms with E-state index in [9.17, 15) is 17.4 Å². The average Bonchev–Trinajstić information content (AvgIpc) is 2.29. The number of alkyl halides is 3. The molecule has 0 aliphatic carbocycles. The van der Waals surface area contributed by atoms with Gasteiger partial charge in [-0.3, -0.25) is 0 Å². The standard InChI is InChI=1S/C6H5F3O2S2.Na.H/c1-3-4(13(10)11)2-5(12-3)6(7,8)9;;/h2H,1H3,(H,10,11);;/q;+1;-1. The molecule has 1 rings (SSSR count). The van der Waals surface area contributed by atoms with Crippen molar-refractivity contribution in [1.29, 1.82) is 0 Å². The Morgan fingerprint density at radius 3 is 2.29 bits per heavy atom. The largest absolute Gasteiger partial charge is 1.00 e. The summed E-state index contributed by atoms with van der Waals surface area (Å²) in [6.07, 6.45) is -4.44. The minimum Gasteiger partial charge on any atom is -1.00 e. The Balaban J connectivity index is 0. The minimum atomic E-state index is -4.44. The van der Waals surface area contributed by atoms with Gasteiger partial charge in [-0.25, -0.2) is 4.21 Å². The van der Waals surface area contributed by atoms with Gasteiger partial charge < -0.3 is 5.98 Å². The van der Waals surface area contributed by atoms with Crippen LogP contribution in [-0.2, 0) is 17.3 Å². The molecule has 1 heterocycles. The number of thiophene rings is 1. The summed E-state index contributed by atoms with van der Waals surface area (Å²) >= 11 is -1.87. The van der Waals surface area contributed by atoms with Crippen LogP contribution in [-0.4, -0.2) is 8.76 Å². The first kappa shape index (κ1) is 14.6. The second-order valence-electron chi connectivity index (χ2n) is 2.28. The first-order valence-corrected chi connectivity index (χ1v) is 5.03. The zero-order valence-corrected chi connectivity index (χ0v) is 11.0. The van der Waals surface area contributed by atoms with Crippen molar-refractivity contribution in [1.82, 2.24) is 0 Å². The zero-order valence-electron chi connectivity index (χ0n) is 8.38. The van der Waals surface area contributed by atoms with Crippen LogP contribution in [0.5, 0.6) is 0 Å². The fraction of sp³-hybridized carbons (Fsp3) is 0.333. The number of hydrogen-bond acceptors (Lipinski definition) is 2. The van der Waals surface area contributed by atoms with Crippen molar-refractivity contribution in [3.8, 4) is 0 Å². The number of aryl methyl sites for hydroxylation is 1. The van der Waals surface area contributed by atoms with E-state index in [0.29, 0.717) is 17.4 Å². The SMILES string of the molecule is Cc1sc(C(F)(F)F)cc1S(=O)O.[H-].[Na+]. The first-order chi connectivity index (χ1) is 5.82. The van der Waals surface area contributed by atoms with Gasteiger partial charge in [0.15, 0.2) is 11.1 Å². The fourth-order valence-electron chi connectivity index (χ4n) is 0.778. The summed E-state index contributed by atoms with van der Waals surface area (Å²) in [5, 5.41) is 0. The molecule has 1 aromatic rings. The Hall–Kier alpha value is 0.600. The van der Waals surface area contributed by atoms with Crippen molar-refractivity contribution >= 4 is 22.4 Å². The van der Waals surface area contributed by atoms with Gasteiger partial charge in [0, 0.05) is 4.88 Å². The van der Waals surface area contributed by atoms with Crippen molar-refractivity contribution in [3.63, 3.8) is 0 Å². The third kappa shape index (κ3) is 3.32. The second kappa shape index (κ2) is 5.09. The molecule has 0 saturated carbocycles. The Kier molecular flexibility index (Phi) is 5.31. The molecule has 76 valence electrons. The van der Waals surface area contributed by atoms with Crippen LogP contribution in [0.1, 0.15) is 11.2 Å². The maximum Gasteiger partial charge on any atom is 1.00 e. The molecule has 0 amide bonds. The smallest absolute Gasteiger partial charge is 1.00 e. The van der Waals surface area contributed by atoms with Crippen molar-refractivity contribution in [2.45, 2.75) is 18.0 Å². The van der Waals surface area contributed by atoms with E-state index in [1.807, 2.05) is 0 Å². The Morgan fingerprint density at radius 2 is 2.07 bits per heavy atom. The van der Waals surface area contributed by atoms with Gasteiger partial charge in [0.1, 0.15) is 4.88 Å². The molecule has 0 fully saturated rings. The van der Waals surface area contributed by atoms with Crippen molar-refractivity contribution in [2.75, 3.05) is 0 Å². The molecule has 0 aromatic carbocycles. The third-order valence-corrected chi connectivity index (χ3v) is 3.36. The molecule has 2 nitrogen and oxygen atoms in total. The molecule has 1 aromatic heterocycles. The number of rotatable bonds is 1. The zero-order chi connectivity index (χ0) is 10.2. The molecule has 0 bridgehead atoms.